The molecule has 1 saturated heterocycles. The van der Waals surface area contributed by atoms with Crippen molar-refractivity contribution in [3.05, 3.63) is 132 Å². The molecule has 4 aromatic carbocycles. The highest BCUT2D eigenvalue weighted by Crippen LogP contribution is 2.38. The van der Waals surface area contributed by atoms with E-state index in [2.05, 4.69) is 22.6 Å². The summed E-state index contributed by atoms with van der Waals surface area (Å²) in [5.74, 6) is 1.07. The molecule has 1 heterocycles. The topological polar surface area (TPSA) is 51.1 Å². The van der Waals surface area contributed by atoms with E-state index in [0.29, 0.717) is 44.7 Å². The molecule has 0 unspecified atom stereocenters. The summed E-state index contributed by atoms with van der Waals surface area (Å²) < 4.78 is 12.6. The van der Waals surface area contributed by atoms with Crippen LogP contribution in [0.4, 0.5) is 0 Å². The van der Waals surface area contributed by atoms with Gasteiger partial charge in [0, 0.05) is 15.6 Å². The number of carbonyl (C=O) groups excluding carboxylic acids is 1. The number of thioether (sulfide) groups is 1. The predicted molar refractivity (Wildman–Crippen MR) is 177 cm³/mol. The van der Waals surface area contributed by atoms with Crippen molar-refractivity contribution in [3.8, 4) is 11.5 Å². The van der Waals surface area contributed by atoms with Gasteiger partial charge in [-0.1, -0.05) is 89.9 Å². The van der Waals surface area contributed by atoms with Gasteiger partial charge in [0.15, 0.2) is 16.7 Å². The van der Waals surface area contributed by atoms with Crippen LogP contribution < -0.4 is 9.47 Å². The lowest BCUT2D eigenvalue weighted by Crippen LogP contribution is -2.28. The van der Waals surface area contributed by atoms with Gasteiger partial charge in [-0.3, -0.25) is 14.7 Å². The Labute approximate surface area is 267 Å². The Kier molecular flexibility index (Phi) is 9.92. The van der Waals surface area contributed by atoms with Gasteiger partial charge in [-0.15, -0.1) is 0 Å². The number of hydrogen-bond acceptors (Lipinski definition) is 5. The molecule has 1 aliphatic rings. The minimum absolute atomic E-state index is 0.0858. The SMILES string of the molecule is COc1cc(/C=C2\SC(=NCc3ccccc3)N(Cc3ccccc3)C2=O)cc(I)c1OCc1ccc(Cl)cc1Cl. The average Bonchev–Trinajstić information content (AvgIpc) is 3.26. The summed E-state index contributed by atoms with van der Waals surface area (Å²) in [6.07, 6.45) is 1.88. The number of halogens is 3. The van der Waals surface area contributed by atoms with Crippen molar-refractivity contribution in [1.29, 1.82) is 0 Å². The molecular formula is C32H25Cl2IN2O3S. The maximum atomic E-state index is 13.6. The Balaban J connectivity index is 1.41. The number of ether oxygens (including phenoxy) is 2. The quantitative estimate of drug-likeness (QED) is 0.128. The van der Waals surface area contributed by atoms with Crippen molar-refractivity contribution in [1.82, 2.24) is 4.90 Å². The first-order chi connectivity index (χ1) is 19.9. The fraction of sp³-hybridized carbons (Fsp3) is 0.125. The number of aliphatic imine (C=N–C) groups is 1. The molecular weight excluding hydrogens is 690 g/mol. The Morgan fingerprint density at radius 2 is 1.66 bits per heavy atom. The molecule has 0 saturated carbocycles. The number of amidine groups is 1. The van der Waals surface area contributed by atoms with Crippen molar-refractivity contribution in [2.24, 2.45) is 4.99 Å². The Morgan fingerprint density at radius 1 is 0.951 bits per heavy atom. The number of rotatable bonds is 9. The Bertz CT molecular complexity index is 1610. The monoisotopic (exact) mass is 714 g/mol. The van der Waals surface area contributed by atoms with Crippen LogP contribution in [0.1, 0.15) is 22.3 Å². The highest BCUT2D eigenvalue weighted by Gasteiger charge is 2.33. The summed E-state index contributed by atoms with van der Waals surface area (Å²) in [5, 5.41) is 1.78. The fourth-order valence-electron chi connectivity index (χ4n) is 4.18. The van der Waals surface area contributed by atoms with Gasteiger partial charge < -0.3 is 9.47 Å². The van der Waals surface area contributed by atoms with Crippen LogP contribution in [0.25, 0.3) is 6.08 Å². The van der Waals surface area contributed by atoms with Gasteiger partial charge in [-0.25, -0.2) is 0 Å². The summed E-state index contributed by atoms with van der Waals surface area (Å²) in [4.78, 5) is 20.8. The van der Waals surface area contributed by atoms with E-state index in [4.69, 9.17) is 37.7 Å². The van der Waals surface area contributed by atoms with E-state index in [1.807, 2.05) is 84.9 Å². The molecule has 1 aliphatic heterocycles. The maximum Gasteiger partial charge on any atom is 0.267 e. The molecule has 0 bridgehead atoms. The summed E-state index contributed by atoms with van der Waals surface area (Å²) >= 11 is 15.9. The number of hydrogen-bond donors (Lipinski definition) is 0. The van der Waals surface area contributed by atoms with Gasteiger partial charge in [0.25, 0.3) is 5.91 Å². The van der Waals surface area contributed by atoms with Crippen LogP contribution in [0.3, 0.4) is 0 Å². The molecule has 5 rings (SSSR count). The van der Waals surface area contributed by atoms with Crippen molar-refractivity contribution in [3.63, 3.8) is 0 Å². The van der Waals surface area contributed by atoms with Crippen LogP contribution in [0.15, 0.2) is 101 Å². The highest BCUT2D eigenvalue weighted by molar-refractivity contribution is 14.1. The lowest BCUT2D eigenvalue weighted by molar-refractivity contribution is -0.122. The van der Waals surface area contributed by atoms with Gasteiger partial charge in [0.2, 0.25) is 0 Å². The zero-order valence-corrected chi connectivity index (χ0v) is 26.5. The number of amides is 1. The smallest absolute Gasteiger partial charge is 0.267 e. The van der Waals surface area contributed by atoms with Crippen LogP contribution >= 0.6 is 57.6 Å². The molecule has 4 aromatic rings. The zero-order valence-electron chi connectivity index (χ0n) is 22.0. The summed E-state index contributed by atoms with van der Waals surface area (Å²) in [6.45, 7) is 1.19. The van der Waals surface area contributed by atoms with Crippen molar-refractivity contribution >= 4 is 74.7 Å². The number of benzene rings is 4. The lowest BCUT2D eigenvalue weighted by atomic mass is 10.1. The van der Waals surface area contributed by atoms with E-state index in [9.17, 15) is 4.79 Å². The average molecular weight is 715 g/mol. The number of methoxy groups -OCH3 is 1. The van der Waals surface area contributed by atoms with Gasteiger partial charge in [0.05, 0.1) is 28.7 Å². The maximum absolute atomic E-state index is 13.6. The predicted octanol–water partition coefficient (Wildman–Crippen LogP) is 8.86. The summed E-state index contributed by atoms with van der Waals surface area (Å²) in [5.41, 5.74) is 3.75. The van der Waals surface area contributed by atoms with Crippen LogP contribution in [0.5, 0.6) is 11.5 Å². The summed E-state index contributed by atoms with van der Waals surface area (Å²) in [7, 11) is 1.59. The van der Waals surface area contributed by atoms with E-state index in [1.165, 1.54) is 11.8 Å². The fourth-order valence-corrected chi connectivity index (χ4v) is 6.40. The van der Waals surface area contributed by atoms with Crippen molar-refractivity contribution in [2.75, 3.05) is 7.11 Å². The molecule has 0 radical (unpaired) electrons. The zero-order chi connectivity index (χ0) is 28.8. The third kappa shape index (κ3) is 7.46. The Hall–Kier alpha value is -2.98. The molecule has 1 amide bonds. The van der Waals surface area contributed by atoms with Crippen LogP contribution in [-0.4, -0.2) is 23.1 Å². The first-order valence-electron chi connectivity index (χ1n) is 12.7. The number of nitrogens with zero attached hydrogens (tertiary/aromatic N) is 2. The van der Waals surface area contributed by atoms with E-state index in [-0.39, 0.29) is 12.5 Å². The Morgan fingerprint density at radius 3 is 2.34 bits per heavy atom. The largest absolute Gasteiger partial charge is 0.493 e. The second kappa shape index (κ2) is 13.8. The van der Waals surface area contributed by atoms with Gasteiger partial charge in [-0.2, -0.15) is 0 Å². The molecule has 0 atom stereocenters. The lowest BCUT2D eigenvalue weighted by Gasteiger charge is -2.16. The standard InChI is InChI=1S/C32H25Cl2IN2O3S/c1-39-28-15-23(14-27(35)30(28)40-20-24-12-13-25(33)17-26(24)34)16-29-31(38)37(19-22-10-6-3-7-11-22)32(41-29)36-18-21-8-4-2-5-9-21/h2-17H,18-20H2,1H3/b29-16-,36-32?. The van der Waals surface area contributed by atoms with Gasteiger partial charge >= 0.3 is 0 Å². The van der Waals surface area contributed by atoms with Crippen molar-refractivity contribution < 1.29 is 14.3 Å². The highest BCUT2D eigenvalue weighted by atomic mass is 127. The van der Waals surface area contributed by atoms with Gasteiger partial charge in [-0.05, 0) is 81.4 Å². The normalized spacial score (nSPS) is 15.1. The number of carbonyl (C=O) groups is 1. The first-order valence-corrected chi connectivity index (χ1v) is 15.3. The first kappa shape index (κ1) is 29.5. The van der Waals surface area contributed by atoms with Crippen LogP contribution in [0.2, 0.25) is 10.0 Å². The molecule has 41 heavy (non-hydrogen) atoms. The molecule has 0 aromatic heterocycles. The van der Waals surface area contributed by atoms with E-state index >= 15 is 0 Å². The molecule has 0 spiro atoms. The molecule has 0 aliphatic carbocycles. The molecule has 9 heteroatoms. The second-order valence-electron chi connectivity index (χ2n) is 9.13. The minimum Gasteiger partial charge on any atom is -0.493 e. The van der Waals surface area contributed by atoms with Crippen LogP contribution in [0, 0.1) is 3.57 Å². The van der Waals surface area contributed by atoms with Gasteiger partial charge in [0.1, 0.15) is 6.61 Å². The van der Waals surface area contributed by atoms with Crippen molar-refractivity contribution in [2.45, 2.75) is 19.7 Å². The summed E-state index contributed by atoms with van der Waals surface area (Å²) in [6, 6.07) is 29.1. The third-order valence-corrected chi connectivity index (χ3v) is 8.68. The minimum atomic E-state index is -0.0858. The van der Waals surface area contributed by atoms with E-state index < -0.39 is 0 Å². The molecule has 0 N–H and O–H groups in total. The van der Waals surface area contributed by atoms with E-state index in [1.54, 1.807) is 24.1 Å². The van der Waals surface area contributed by atoms with E-state index in [0.717, 1.165) is 25.8 Å². The third-order valence-electron chi connectivity index (χ3n) is 6.25. The molecule has 208 valence electrons. The second-order valence-corrected chi connectivity index (χ2v) is 12.1. The van der Waals surface area contributed by atoms with Crippen LogP contribution in [-0.2, 0) is 24.5 Å². The molecule has 1 fully saturated rings. The molecule has 5 nitrogen and oxygen atoms in total.